The van der Waals surface area contributed by atoms with Crippen LogP contribution in [0, 0.1) is 13.8 Å². The standard InChI is InChI=1S/C28H33N3O8/c1-8-20(38-21-11-9-15(2)13-16(21)3)24(33)29-18-10-12-22(37-7)19(14-18)30-25(34)23(17(4)32)31-26(35)28(5,6)39-27(31)36/h9-14,20,23H,8H2,1-7H3,(H,29,33)(H,30,34). The highest BCUT2D eigenvalue weighted by atomic mass is 16.6. The van der Waals surface area contributed by atoms with Gasteiger partial charge in [0, 0.05) is 5.69 Å². The first kappa shape index (κ1) is 29.2. The number of Topliss-reactive ketones (excluding diaryl/α,β-unsaturated/α-hetero) is 1. The van der Waals surface area contributed by atoms with E-state index in [-0.39, 0.29) is 11.4 Å². The van der Waals surface area contributed by atoms with Gasteiger partial charge < -0.3 is 24.8 Å². The lowest BCUT2D eigenvalue weighted by Gasteiger charge is -2.23. The van der Waals surface area contributed by atoms with E-state index in [1.807, 2.05) is 39.0 Å². The third-order valence-corrected chi connectivity index (χ3v) is 6.15. The number of nitrogens with zero attached hydrogens (tertiary/aromatic N) is 1. The zero-order chi connectivity index (χ0) is 29.1. The molecular weight excluding hydrogens is 506 g/mol. The molecule has 0 aliphatic carbocycles. The molecule has 11 nitrogen and oxygen atoms in total. The van der Waals surface area contributed by atoms with Crippen LogP contribution in [-0.2, 0) is 23.9 Å². The van der Waals surface area contributed by atoms with Crippen molar-refractivity contribution in [3.63, 3.8) is 0 Å². The Bertz CT molecular complexity index is 1320. The molecule has 2 aromatic carbocycles. The largest absolute Gasteiger partial charge is 0.495 e. The fourth-order valence-corrected chi connectivity index (χ4v) is 4.10. The van der Waals surface area contributed by atoms with Crippen molar-refractivity contribution in [3.05, 3.63) is 47.5 Å². The summed E-state index contributed by atoms with van der Waals surface area (Å²) >= 11 is 0. The number of aryl methyl sites for hydroxylation is 2. The Kier molecular flexibility index (Phi) is 8.63. The molecule has 1 aliphatic rings. The summed E-state index contributed by atoms with van der Waals surface area (Å²) < 4.78 is 16.3. The van der Waals surface area contributed by atoms with Crippen molar-refractivity contribution in [1.82, 2.24) is 4.90 Å². The van der Waals surface area contributed by atoms with Crippen LogP contribution < -0.4 is 20.1 Å². The van der Waals surface area contributed by atoms with E-state index in [1.165, 1.54) is 33.1 Å². The second-order valence-electron chi connectivity index (χ2n) is 9.74. The molecule has 2 unspecified atom stereocenters. The molecule has 11 heteroatoms. The molecule has 0 spiro atoms. The highest BCUT2D eigenvalue weighted by Gasteiger charge is 2.53. The van der Waals surface area contributed by atoms with Crippen LogP contribution in [0.1, 0.15) is 45.2 Å². The Balaban J connectivity index is 1.81. The van der Waals surface area contributed by atoms with Gasteiger partial charge in [-0.25, -0.2) is 9.69 Å². The molecule has 2 atom stereocenters. The molecule has 208 valence electrons. The molecule has 1 saturated heterocycles. The number of carbonyl (C=O) groups is 5. The van der Waals surface area contributed by atoms with Gasteiger partial charge in [0.1, 0.15) is 11.5 Å². The van der Waals surface area contributed by atoms with Gasteiger partial charge in [-0.1, -0.05) is 24.6 Å². The number of anilines is 2. The van der Waals surface area contributed by atoms with E-state index in [2.05, 4.69) is 10.6 Å². The smallest absolute Gasteiger partial charge is 0.418 e. The van der Waals surface area contributed by atoms with Crippen molar-refractivity contribution in [3.8, 4) is 11.5 Å². The number of benzene rings is 2. The molecule has 0 bridgehead atoms. The molecule has 1 aliphatic heterocycles. The minimum Gasteiger partial charge on any atom is -0.495 e. The summed E-state index contributed by atoms with van der Waals surface area (Å²) in [5, 5.41) is 5.29. The Hall–Kier alpha value is -4.41. The Morgan fingerprint density at radius 3 is 2.21 bits per heavy atom. The number of hydrogen-bond donors (Lipinski definition) is 2. The van der Waals surface area contributed by atoms with Crippen molar-refractivity contribution < 1.29 is 38.2 Å². The van der Waals surface area contributed by atoms with Crippen molar-refractivity contribution in [2.75, 3.05) is 17.7 Å². The van der Waals surface area contributed by atoms with E-state index < -0.39 is 47.3 Å². The maximum atomic E-state index is 13.2. The summed E-state index contributed by atoms with van der Waals surface area (Å²) in [5.74, 6) is -2.10. The van der Waals surface area contributed by atoms with Gasteiger partial charge in [-0.2, -0.15) is 0 Å². The first-order chi connectivity index (χ1) is 18.3. The van der Waals surface area contributed by atoms with Gasteiger partial charge in [0.05, 0.1) is 12.8 Å². The number of methoxy groups -OCH3 is 1. The van der Waals surface area contributed by atoms with Gasteiger partial charge in [-0.15, -0.1) is 0 Å². The lowest BCUT2D eigenvalue weighted by atomic mass is 10.1. The van der Waals surface area contributed by atoms with Crippen LogP contribution in [0.4, 0.5) is 16.2 Å². The fraction of sp³-hybridized carbons (Fsp3) is 0.393. The number of imide groups is 1. The molecule has 39 heavy (non-hydrogen) atoms. The molecule has 0 saturated carbocycles. The Morgan fingerprint density at radius 2 is 1.67 bits per heavy atom. The maximum absolute atomic E-state index is 13.2. The lowest BCUT2D eigenvalue weighted by molar-refractivity contribution is -0.142. The summed E-state index contributed by atoms with van der Waals surface area (Å²) in [7, 11) is 1.38. The molecule has 3 rings (SSSR count). The van der Waals surface area contributed by atoms with Gasteiger partial charge in [0.15, 0.2) is 23.5 Å². The van der Waals surface area contributed by atoms with E-state index in [1.54, 1.807) is 6.07 Å². The quantitative estimate of drug-likeness (QED) is 0.435. The van der Waals surface area contributed by atoms with Crippen molar-refractivity contribution in [2.24, 2.45) is 0 Å². The lowest BCUT2D eigenvalue weighted by Crippen LogP contribution is -2.52. The van der Waals surface area contributed by atoms with Crippen molar-refractivity contribution in [2.45, 2.75) is 65.7 Å². The van der Waals surface area contributed by atoms with Crippen LogP contribution in [0.2, 0.25) is 0 Å². The van der Waals surface area contributed by atoms with Crippen molar-refractivity contribution >= 4 is 41.0 Å². The normalized spacial score (nSPS) is 15.7. The second-order valence-corrected chi connectivity index (χ2v) is 9.74. The van der Waals surface area contributed by atoms with E-state index >= 15 is 0 Å². The Morgan fingerprint density at radius 1 is 1.00 bits per heavy atom. The second kappa shape index (κ2) is 11.5. The third-order valence-electron chi connectivity index (χ3n) is 6.15. The predicted molar refractivity (Wildman–Crippen MR) is 143 cm³/mol. The van der Waals surface area contributed by atoms with Gasteiger partial charge in [-0.05, 0) is 70.9 Å². The maximum Gasteiger partial charge on any atom is 0.418 e. The van der Waals surface area contributed by atoms with E-state index in [0.717, 1.165) is 18.1 Å². The SMILES string of the molecule is CCC(Oc1ccc(C)cc1C)C(=O)Nc1ccc(OC)c(NC(=O)C(C(C)=O)N2C(=O)OC(C)(C)C2=O)c1. The monoisotopic (exact) mass is 539 g/mol. The van der Waals surface area contributed by atoms with E-state index in [0.29, 0.717) is 22.8 Å². The average molecular weight is 540 g/mol. The molecular formula is C28H33N3O8. The third kappa shape index (κ3) is 6.36. The first-order valence-electron chi connectivity index (χ1n) is 12.4. The van der Waals surface area contributed by atoms with Gasteiger partial charge in [0.25, 0.3) is 17.7 Å². The van der Waals surface area contributed by atoms with Crippen LogP contribution in [0.15, 0.2) is 36.4 Å². The zero-order valence-electron chi connectivity index (χ0n) is 23.0. The van der Waals surface area contributed by atoms with Crippen LogP contribution in [0.3, 0.4) is 0 Å². The molecule has 0 aromatic heterocycles. The molecule has 2 N–H and O–H groups in total. The number of nitrogens with one attached hydrogen (secondary N) is 2. The number of cyclic esters (lactones) is 1. The first-order valence-corrected chi connectivity index (χ1v) is 12.4. The Labute approximate surface area is 226 Å². The topological polar surface area (TPSA) is 140 Å². The number of carbonyl (C=O) groups excluding carboxylic acids is 5. The van der Waals surface area contributed by atoms with Gasteiger partial charge >= 0.3 is 6.09 Å². The van der Waals surface area contributed by atoms with Crippen LogP contribution in [-0.4, -0.2) is 59.4 Å². The molecule has 1 heterocycles. The molecule has 1 fully saturated rings. The summed E-state index contributed by atoms with van der Waals surface area (Å²) in [6.45, 7) is 9.51. The molecule has 0 radical (unpaired) electrons. The van der Waals surface area contributed by atoms with Crippen LogP contribution in [0.5, 0.6) is 11.5 Å². The summed E-state index contributed by atoms with van der Waals surface area (Å²) in [6, 6.07) is 8.43. The highest BCUT2D eigenvalue weighted by molar-refractivity contribution is 6.17. The summed E-state index contributed by atoms with van der Waals surface area (Å²) in [5.41, 5.74) is 0.888. The van der Waals surface area contributed by atoms with Gasteiger partial charge in [0.2, 0.25) is 0 Å². The fourth-order valence-electron chi connectivity index (χ4n) is 4.10. The minimum absolute atomic E-state index is 0.106. The molecule has 2 aromatic rings. The number of ether oxygens (including phenoxy) is 3. The number of hydrogen-bond acceptors (Lipinski definition) is 8. The van der Waals surface area contributed by atoms with Gasteiger partial charge in [-0.3, -0.25) is 19.2 Å². The molecule has 4 amide bonds. The van der Waals surface area contributed by atoms with E-state index in [9.17, 15) is 24.0 Å². The number of ketones is 1. The van der Waals surface area contributed by atoms with E-state index in [4.69, 9.17) is 14.2 Å². The number of amides is 4. The minimum atomic E-state index is -1.76. The highest BCUT2D eigenvalue weighted by Crippen LogP contribution is 2.30. The van der Waals surface area contributed by atoms with Crippen molar-refractivity contribution in [1.29, 1.82) is 0 Å². The summed E-state index contributed by atoms with van der Waals surface area (Å²) in [4.78, 5) is 64.1. The average Bonchev–Trinajstić information content (AvgIpc) is 3.05. The zero-order valence-corrected chi connectivity index (χ0v) is 23.0. The summed E-state index contributed by atoms with van der Waals surface area (Å²) in [6.07, 6.45) is -1.48. The number of rotatable bonds is 10. The van der Waals surface area contributed by atoms with Crippen LogP contribution >= 0.6 is 0 Å². The predicted octanol–water partition coefficient (Wildman–Crippen LogP) is 3.76. The van der Waals surface area contributed by atoms with Crippen LogP contribution in [0.25, 0.3) is 0 Å².